The normalized spacial score (nSPS) is 17.2. The average molecular weight is 456 g/mol. The largest absolute Gasteiger partial charge is 0.492 e. The first-order valence-electron chi connectivity index (χ1n) is 10.4. The van der Waals surface area contributed by atoms with Crippen LogP contribution in [-0.2, 0) is 20.7 Å². The van der Waals surface area contributed by atoms with Gasteiger partial charge in [0, 0.05) is 17.1 Å². The minimum Gasteiger partial charge on any atom is -0.445 e. The summed E-state index contributed by atoms with van der Waals surface area (Å²) in [5.74, 6) is 0. The zero-order valence-electron chi connectivity index (χ0n) is 18.7. The summed E-state index contributed by atoms with van der Waals surface area (Å²) in [6.07, 6.45) is 1.98. The van der Waals surface area contributed by atoms with Gasteiger partial charge in [-0.1, -0.05) is 60.1 Å². The highest BCUT2D eigenvalue weighted by molar-refractivity contribution is 6.56. The molecule has 2 aromatic rings. The number of carbonyl (C=O) groups is 2. The predicted molar refractivity (Wildman–Crippen MR) is 126 cm³/mol. The van der Waals surface area contributed by atoms with Crippen LogP contribution in [0.5, 0.6) is 0 Å². The fraction of sp³-hybridized carbons (Fsp3) is 0.333. The molecule has 8 heteroatoms. The lowest BCUT2D eigenvalue weighted by Crippen LogP contribution is -2.41. The Morgan fingerprint density at radius 1 is 1.09 bits per heavy atom. The maximum atomic E-state index is 12.3. The van der Waals surface area contributed by atoms with E-state index in [1.807, 2.05) is 58.0 Å². The number of carbonyl (C=O) groups excluding carboxylic acids is 2. The zero-order chi connectivity index (χ0) is 23.4. The molecule has 1 fully saturated rings. The molecule has 6 nitrogen and oxygen atoms in total. The molecule has 0 unspecified atom stereocenters. The molecule has 168 valence electrons. The first kappa shape index (κ1) is 24.0. The molecule has 32 heavy (non-hydrogen) atoms. The lowest BCUT2D eigenvalue weighted by Gasteiger charge is -2.32. The van der Waals surface area contributed by atoms with Crippen LogP contribution in [0.25, 0.3) is 6.08 Å². The summed E-state index contributed by atoms with van der Waals surface area (Å²) in [6, 6.07) is 14.4. The van der Waals surface area contributed by atoms with Crippen LogP contribution >= 0.6 is 11.6 Å². The van der Waals surface area contributed by atoms with Crippen molar-refractivity contribution in [3.05, 3.63) is 75.7 Å². The van der Waals surface area contributed by atoms with E-state index in [2.05, 4.69) is 5.32 Å². The Balaban J connectivity index is 1.76. The van der Waals surface area contributed by atoms with Crippen LogP contribution in [0.4, 0.5) is 4.79 Å². The monoisotopic (exact) mass is 455 g/mol. The van der Waals surface area contributed by atoms with Crippen LogP contribution in [0.3, 0.4) is 0 Å². The minimum atomic E-state index is -0.684. The van der Waals surface area contributed by atoms with Gasteiger partial charge < -0.3 is 19.4 Å². The molecule has 0 aromatic heterocycles. The van der Waals surface area contributed by atoms with E-state index in [0.717, 1.165) is 11.8 Å². The van der Waals surface area contributed by atoms with Crippen molar-refractivity contribution in [2.75, 3.05) is 6.54 Å². The predicted octanol–water partition coefficient (Wildman–Crippen LogP) is 5.09. The van der Waals surface area contributed by atoms with Gasteiger partial charge in [-0.25, -0.2) is 4.79 Å². The lowest BCUT2D eigenvalue weighted by molar-refractivity contribution is 0.00578. The average Bonchev–Trinajstić information content (AvgIpc) is 2.98. The summed E-state index contributed by atoms with van der Waals surface area (Å²) < 4.78 is 17.6. The zero-order valence-corrected chi connectivity index (χ0v) is 19.4. The van der Waals surface area contributed by atoms with Crippen molar-refractivity contribution < 1.29 is 23.6 Å². The number of benzene rings is 2. The summed E-state index contributed by atoms with van der Waals surface area (Å²) in [4.78, 5) is 23.3. The van der Waals surface area contributed by atoms with Gasteiger partial charge in [-0.3, -0.25) is 4.79 Å². The highest BCUT2D eigenvalue weighted by Crippen LogP contribution is 2.39. The highest BCUT2D eigenvalue weighted by Gasteiger charge is 2.52. The number of halogens is 1. The molecule has 1 aliphatic rings. The molecule has 1 N–H and O–H groups in total. The van der Waals surface area contributed by atoms with E-state index in [4.69, 9.17) is 25.6 Å². The number of hydrogen-bond acceptors (Lipinski definition) is 5. The number of hydrogen-bond donors (Lipinski definition) is 1. The maximum absolute atomic E-state index is 12.3. The Morgan fingerprint density at radius 2 is 1.75 bits per heavy atom. The van der Waals surface area contributed by atoms with Gasteiger partial charge in [-0.15, -0.1) is 0 Å². The Bertz CT molecular complexity index is 991. The molecule has 0 saturated carbocycles. The van der Waals surface area contributed by atoms with Crippen molar-refractivity contribution >= 4 is 37.2 Å². The van der Waals surface area contributed by atoms with Crippen molar-refractivity contribution in [1.29, 1.82) is 0 Å². The Kier molecular flexibility index (Phi) is 7.44. The quantitative estimate of drug-likeness (QED) is 0.465. The molecule has 1 aliphatic heterocycles. The second-order valence-electron chi connectivity index (χ2n) is 8.62. The fourth-order valence-electron chi connectivity index (χ4n) is 3.08. The molecule has 1 amide bonds. The van der Waals surface area contributed by atoms with Crippen LogP contribution in [0.15, 0.2) is 54.0 Å². The second-order valence-corrected chi connectivity index (χ2v) is 9.03. The smallest absolute Gasteiger partial charge is 0.445 e. The highest BCUT2D eigenvalue weighted by atomic mass is 35.5. The van der Waals surface area contributed by atoms with Gasteiger partial charge in [0.1, 0.15) is 12.9 Å². The maximum Gasteiger partial charge on any atom is 0.492 e. The van der Waals surface area contributed by atoms with Crippen LogP contribution in [0.2, 0.25) is 5.02 Å². The van der Waals surface area contributed by atoms with Gasteiger partial charge >= 0.3 is 13.2 Å². The summed E-state index contributed by atoms with van der Waals surface area (Å²) >= 11 is 6.35. The molecule has 0 aliphatic carbocycles. The summed E-state index contributed by atoms with van der Waals surface area (Å²) in [7, 11) is -0.684. The van der Waals surface area contributed by atoms with E-state index in [-0.39, 0.29) is 13.2 Å². The van der Waals surface area contributed by atoms with Crippen molar-refractivity contribution in [1.82, 2.24) is 5.32 Å². The molecule has 3 rings (SSSR count). The van der Waals surface area contributed by atoms with Crippen LogP contribution in [0.1, 0.15) is 49.2 Å². The molecule has 2 aromatic carbocycles. The number of rotatable bonds is 7. The number of alkyl carbamates (subject to hydrolysis) is 1. The van der Waals surface area contributed by atoms with E-state index >= 15 is 0 Å². The molecule has 1 saturated heterocycles. The molecule has 0 spiro atoms. The van der Waals surface area contributed by atoms with Gasteiger partial charge in [0.25, 0.3) is 0 Å². The van der Waals surface area contributed by atoms with Crippen molar-refractivity contribution in [3.63, 3.8) is 0 Å². The molecule has 0 bridgehead atoms. The van der Waals surface area contributed by atoms with Crippen LogP contribution in [0, 0.1) is 0 Å². The summed E-state index contributed by atoms with van der Waals surface area (Å²) in [5.41, 5.74) is 1.63. The minimum absolute atomic E-state index is 0.135. The van der Waals surface area contributed by atoms with Crippen LogP contribution in [-0.4, -0.2) is 37.2 Å². The molecular formula is C24H27BClNO5. The molecule has 0 radical (unpaired) electrons. The third-order valence-electron chi connectivity index (χ3n) is 5.71. The topological polar surface area (TPSA) is 73.9 Å². The molecule has 1 heterocycles. The third kappa shape index (κ3) is 5.79. The van der Waals surface area contributed by atoms with Crippen LogP contribution < -0.4 is 5.32 Å². The van der Waals surface area contributed by atoms with Gasteiger partial charge in [0.05, 0.1) is 11.2 Å². The second kappa shape index (κ2) is 9.90. The number of ether oxygens (including phenoxy) is 1. The van der Waals surface area contributed by atoms with E-state index < -0.39 is 24.4 Å². The standard InChI is InChI=1S/C24H27BClNO5/c1-23(2)24(3,4)32-25(31-23)20(13-19-11-10-18(15-28)12-21(19)26)14-27-22(29)30-16-17-8-6-5-7-9-17/h5-13,15H,14,16H2,1-4H3,(H,27,29). The number of amides is 1. The third-order valence-corrected chi connectivity index (χ3v) is 6.03. The van der Waals surface area contributed by atoms with Crippen molar-refractivity contribution in [3.8, 4) is 0 Å². The first-order valence-corrected chi connectivity index (χ1v) is 10.7. The Labute approximate surface area is 194 Å². The van der Waals surface area contributed by atoms with Gasteiger partial charge in [-0.05, 0) is 50.4 Å². The van der Waals surface area contributed by atoms with Crippen molar-refractivity contribution in [2.24, 2.45) is 0 Å². The molecule has 0 atom stereocenters. The summed E-state index contributed by atoms with van der Waals surface area (Å²) in [6.45, 7) is 8.13. The van der Waals surface area contributed by atoms with E-state index in [1.165, 1.54) is 0 Å². The fourth-order valence-corrected chi connectivity index (χ4v) is 3.32. The Hall–Kier alpha value is -2.61. The van der Waals surface area contributed by atoms with Crippen molar-refractivity contribution in [2.45, 2.75) is 45.5 Å². The van der Waals surface area contributed by atoms with Gasteiger partial charge in [-0.2, -0.15) is 0 Å². The SMILES string of the molecule is CC1(C)OB(C(=Cc2ccc(C=O)cc2Cl)CNC(=O)OCc2ccccc2)OC1(C)C. The number of nitrogens with one attached hydrogen (secondary N) is 1. The van der Waals surface area contributed by atoms with E-state index in [1.54, 1.807) is 24.3 Å². The van der Waals surface area contributed by atoms with Gasteiger partial charge in [0.2, 0.25) is 0 Å². The molecular weight excluding hydrogens is 429 g/mol. The van der Waals surface area contributed by atoms with E-state index in [9.17, 15) is 9.59 Å². The number of aldehydes is 1. The summed E-state index contributed by atoms with van der Waals surface area (Å²) in [5, 5.41) is 3.17. The van der Waals surface area contributed by atoms with E-state index in [0.29, 0.717) is 21.6 Å². The lowest BCUT2D eigenvalue weighted by atomic mass is 9.77. The van der Waals surface area contributed by atoms with Gasteiger partial charge in [0.15, 0.2) is 0 Å². The first-order chi connectivity index (χ1) is 15.1. The Morgan fingerprint density at radius 3 is 2.34 bits per heavy atom.